The van der Waals surface area contributed by atoms with Gasteiger partial charge >= 0.3 is 0 Å². The van der Waals surface area contributed by atoms with Crippen LogP contribution in [-0.2, 0) is 11.2 Å². The van der Waals surface area contributed by atoms with Gasteiger partial charge in [-0.05, 0) is 37.0 Å². The third-order valence-electron chi connectivity index (χ3n) is 4.66. The van der Waals surface area contributed by atoms with Crippen LogP contribution in [0, 0.1) is 0 Å². The lowest BCUT2D eigenvalue weighted by atomic mass is 9.91. The average molecular weight is 360 g/mol. The number of thioether (sulfide) groups is 1. The van der Waals surface area contributed by atoms with Gasteiger partial charge in [0.2, 0.25) is 0 Å². The van der Waals surface area contributed by atoms with E-state index in [-0.39, 0.29) is 0 Å². The predicted molar refractivity (Wildman–Crippen MR) is 96.2 cm³/mol. The Morgan fingerprint density at radius 2 is 1.95 bits per heavy atom. The first-order valence-corrected chi connectivity index (χ1v) is 10.0. The molecule has 2 fully saturated rings. The summed E-state index contributed by atoms with van der Waals surface area (Å²) in [7, 11) is 0. The highest BCUT2D eigenvalue weighted by atomic mass is 35.5. The van der Waals surface area contributed by atoms with Crippen molar-refractivity contribution in [3.05, 3.63) is 33.8 Å². The van der Waals surface area contributed by atoms with Crippen LogP contribution in [0.1, 0.15) is 31.2 Å². The van der Waals surface area contributed by atoms with E-state index >= 15 is 0 Å². The minimum Gasteiger partial charge on any atom is -0.376 e. The van der Waals surface area contributed by atoms with Gasteiger partial charge in [0.05, 0.1) is 12.7 Å². The largest absolute Gasteiger partial charge is 0.376 e. The monoisotopic (exact) mass is 359 g/mol. The van der Waals surface area contributed by atoms with Crippen LogP contribution in [0.4, 0.5) is 0 Å². The van der Waals surface area contributed by atoms with Crippen LogP contribution in [0.15, 0.2) is 18.2 Å². The Morgan fingerprint density at radius 3 is 2.68 bits per heavy atom. The SMILES string of the molecule is Clc1cccc(Cl)c1CCO[C@H]1CCCCC1N1CCSC1. The Labute approximate surface area is 147 Å². The molecule has 1 unspecified atom stereocenters. The quantitative estimate of drug-likeness (QED) is 0.743. The second-order valence-corrected chi connectivity index (χ2v) is 7.95. The van der Waals surface area contributed by atoms with E-state index in [9.17, 15) is 0 Å². The minimum absolute atomic E-state index is 0.369. The summed E-state index contributed by atoms with van der Waals surface area (Å²) in [4.78, 5) is 2.61. The van der Waals surface area contributed by atoms with Crippen LogP contribution in [0.5, 0.6) is 0 Å². The molecule has 0 radical (unpaired) electrons. The molecule has 1 saturated heterocycles. The summed E-state index contributed by atoms with van der Waals surface area (Å²) in [5.74, 6) is 2.43. The maximum atomic E-state index is 6.25. The summed E-state index contributed by atoms with van der Waals surface area (Å²) in [6.45, 7) is 1.91. The fourth-order valence-electron chi connectivity index (χ4n) is 3.46. The van der Waals surface area contributed by atoms with Crippen molar-refractivity contribution in [3.8, 4) is 0 Å². The predicted octanol–water partition coefficient (Wildman–Crippen LogP) is 4.87. The summed E-state index contributed by atoms with van der Waals surface area (Å²) < 4.78 is 6.25. The third kappa shape index (κ3) is 4.12. The van der Waals surface area contributed by atoms with Crippen molar-refractivity contribution in [2.24, 2.45) is 0 Å². The summed E-state index contributed by atoms with van der Waals surface area (Å²) in [6, 6.07) is 6.28. The summed E-state index contributed by atoms with van der Waals surface area (Å²) in [6.07, 6.45) is 6.24. The smallest absolute Gasteiger partial charge is 0.0730 e. The second-order valence-electron chi connectivity index (χ2n) is 6.06. The van der Waals surface area contributed by atoms with Crippen molar-refractivity contribution >= 4 is 35.0 Å². The van der Waals surface area contributed by atoms with Gasteiger partial charge in [-0.15, -0.1) is 11.8 Å². The first kappa shape index (κ1) is 16.9. The number of hydrogen-bond acceptors (Lipinski definition) is 3. The van der Waals surface area contributed by atoms with Gasteiger partial charge in [0, 0.05) is 34.3 Å². The summed E-state index contributed by atoms with van der Waals surface area (Å²) in [5, 5.41) is 1.49. The topological polar surface area (TPSA) is 12.5 Å². The molecule has 0 spiro atoms. The van der Waals surface area contributed by atoms with E-state index in [0.29, 0.717) is 18.8 Å². The highest BCUT2D eigenvalue weighted by Crippen LogP contribution is 2.30. The summed E-state index contributed by atoms with van der Waals surface area (Å²) in [5.41, 5.74) is 1.01. The fraction of sp³-hybridized carbons (Fsp3) is 0.647. The van der Waals surface area contributed by atoms with E-state index in [0.717, 1.165) is 22.0 Å². The van der Waals surface area contributed by atoms with Crippen LogP contribution in [-0.4, -0.2) is 41.8 Å². The number of nitrogens with zero attached hydrogens (tertiary/aromatic N) is 1. The van der Waals surface area contributed by atoms with Crippen molar-refractivity contribution in [1.82, 2.24) is 4.90 Å². The van der Waals surface area contributed by atoms with Gasteiger partial charge < -0.3 is 4.74 Å². The zero-order chi connectivity index (χ0) is 15.4. The van der Waals surface area contributed by atoms with Crippen molar-refractivity contribution in [2.75, 3.05) is 24.8 Å². The Bertz CT molecular complexity index is 473. The minimum atomic E-state index is 0.369. The van der Waals surface area contributed by atoms with Gasteiger partial charge in [0.15, 0.2) is 0 Å². The molecule has 1 aromatic carbocycles. The van der Waals surface area contributed by atoms with E-state index < -0.39 is 0 Å². The van der Waals surface area contributed by atoms with Crippen LogP contribution in [0.25, 0.3) is 0 Å². The van der Waals surface area contributed by atoms with Crippen molar-refractivity contribution in [1.29, 1.82) is 0 Å². The zero-order valence-electron chi connectivity index (χ0n) is 12.8. The Hall–Kier alpha value is 0.0700. The van der Waals surface area contributed by atoms with Gasteiger partial charge in [-0.25, -0.2) is 0 Å². The molecule has 0 bridgehead atoms. The van der Waals surface area contributed by atoms with Crippen molar-refractivity contribution in [2.45, 2.75) is 44.2 Å². The fourth-order valence-corrected chi connectivity index (χ4v) is 5.10. The molecule has 0 N–H and O–H groups in total. The zero-order valence-corrected chi connectivity index (χ0v) is 15.1. The normalized spacial score (nSPS) is 26.5. The first-order chi connectivity index (χ1) is 10.8. The van der Waals surface area contributed by atoms with E-state index in [1.54, 1.807) is 0 Å². The highest BCUT2D eigenvalue weighted by Gasteiger charge is 2.32. The molecule has 1 saturated carbocycles. The number of ether oxygens (including phenoxy) is 1. The molecule has 0 amide bonds. The van der Waals surface area contributed by atoms with Gasteiger partial charge in [0.25, 0.3) is 0 Å². The molecular weight excluding hydrogens is 337 g/mol. The van der Waals surface area contributed by atoms with Crippen LogP contribution < -0.4 is 0 Å². The van der Waals surface area contributed by atoms with Gasteiger partial charge in [-0.1, -0.05) is 42.1 Å². The molecule has 22 heavy (non-hydrogen) atoms. The molecule has 3 rings (SSSR count). The number of halogens is 2. The van der Waals surface area contributed by atoms with Crippen LogP contribution >= 0.6 is 35.0 Å². The molecule has 2 aliphatic rings. The Balaban J connectivity index is 1.55. The van der Waals surface area contributed by atoms with Gasteiger partial charge in [-0.2, -0.15) is 0 Å². The lowest BCUT2D eigenvalue weighted by Gasteiger charge is -2.37. The van der Waals surface area contributed by atoms with E-state index in [1.165, 1.54) is 43.9 Å². The second kappa shape index (κ2) is 8.25. The number of hydrogen-bond donors (Lipinski definition) is 0. The number of benzene rings is 1. The van der Waals surface area contributed by atoms with Crippen LogP contribution in [0.3, 0.4) is 0 Å². The van der Waals surface area contributed by atoms with Crippen LogP contribution in [0.2, 0.25) is 10.0 Å². The molecular formula is C17H23Cl2NOS. The van der Waals surface area contributed by atoms with E-state index in [1.807, 2.05) is 30.0 Å². The van der Waals surface area contributed by atoms with E-state index in [2.05, 4.69) is 4.90 Å². The molecule has 1 aromatic rings. The molecule has 0 aromatic heterocycles. The third-order valence-corrected chi connectivity index (χ3v) is 6.36. The molecule has 1 aliphatic carbocycles. The first-order valence-electron chi connectivity index (χ1n) is 8.12. The average Bonchev–Trinajstić information content (AvgIpc) is 3.05. The number of rotatable bonds is 5. The molecule has 1 aliphatic heterocycles. The van der Waals surface area contributed by atoms with Crippen molar-refractivity contribution in [3.63, 3.8) is 0 Å². The summed E-state index contributed by atoms with van der Waals surface area (Å²) >= 11 is 14.5. The molecule has 2 atom stereocenters. The van der Waals surface area contributed by atoms with Crippen molar-refractivity contribution < 1.29 is 4.74 Å². The Kier molecular flexibility index (Phi) is 6.34. The molecule has 122 valence electrons. The lowest BCUT2D eigenvalue weighted by Crippen LogP contribution is -2.45. The highest BCUT2D eigenvalue weighted by molar-refractivity contribution is 7.99. The molecule has 1 heterocycles. The standard InChI is InChI=1S/C17H23Cl2NOS/c18-14-4-3-5-15(19)13(14)8-10-21-17-7-2-1-6-16(17)20-9-11-22-12-20/h3-5,16-17H,1-2,6-12H2/t16?,17-/m0/s1. The van der Waals surface area contributed by atoms with E-state index in [4.69, 9.17) is 27.9 Å². The molecule has 5 heteroatoms. The lowest BCUT2D eigenvalue weighted by molar-refractivity contribution is -0.0270. The van der Waals surface area contributed by atoms with Gasteiger partial charge in [0.1, 0.15) is 0 Å². The molecule has 2 nitrogen and oxygen atoms in total. The maximum absolute atomic E-state index is 6.25. The van der Waals surface area contributed by atoms with Gasteiger partial charge in [-0.3, -0.25) is 4.90 Å². The maximum Gasteiger partial charge on any atom is 0.0730 e. The Morgan fingerprint density at radius 1 is 1.18 bits per heavy atom.